The predicted octanol–water partition coefficient (Wildman–Crippen LogP) is 3.88. The van der Waals surface area contributed by atoms with Gasteiger partial charge in [-0.3, -0.25) is 0 Å². The Morgan fingerprint density at radius 2 is 2.00 bits per heavy atom. The van der Waals surface area contributed by atoms with Gasteiger partial charge >= 0.3 is 6.18 Å². The summed E-state index contributed by atoms with van der Waals surface area (Å²) in [5.74, 6) is 0. The van der Waals surface area contributed by atoms with Gasteiger partial charge in [-0.2, -0.15) is 13.2 Å². The summed E-state index contributed by atoms with van der Waals surface area (Å²) >= 11 is 3.32. The van der Waals surface area contributed by atoms with Crippen LogP contribution in [0.2, 0.25) is 0 Å². The van der Waals surface area contributed by atoms with Crippen molar-refractivity contribution in [3.63, 3.8) is 0 Å². The second-order valence-corrected chi connectivity index (χ2v) is 4.94. The van der Waals surface area contributed by atoms with Gasteiger partial charge in [0.15, 0.2) is 0 Å². The first kappa shape index (κ1) is 12.5. The van der Waals surface area contributed by atoms with Gasteiger partial charge in [0.2, 0.25) is 0 Å². The van der Waals surface area contributed by atoms with E-state index in [-0.39, 0.29) is 6.54 Å². The highest BCUT2D eigenvalue weighted by molar-refractivity contribution is 9.10. The van der Waals surface area contributed by atoms with Crippen molar-refractivity contribution in [1.29, 1.82) is 0 Å². The molecule has 2 rings (SSSR count). The molecule has 0 N–H and O–H groups in total. The molecule has 0 bridgehead atoms. The van der Waals surface area contributed by atoms with E-state index in [4.69, 9.17) is 0 Å². The number of hydrogen-bond donors (Lipinski definition) is 0. The molecule has 0 unspecified atom stereocenters. The molecule has 1 aliphatic heterocycles. The molecule has 0 saturated carbocycles. The van der Waals surface area contributed by atoms with Gasteiger partial charge in [0.1, 0.15) is 5.70 Å². The van der Waals surface area contributed by atoms with Crippen LogP contribution in [0.4, 0.5) is 13.2 Å². The molecule has 92 valence electrons. The van der Waals surface area contributed by atoms with Crippen molar-refractivity contribution in [2.24, 2.45) is 0 Å². The second-order valence-electron chi connectivity index (χ2n) is 4.03. The number of fused-ring (bicyclic) bond motifs is 1. The van der Waals surface area contributed by atoms with E-state index in [9.17, 15) is 13.2 Å². The van der Waals surface area contributed by atoms with E-state index in [0.717, 1.165) is 15.6 Å². The van der Waals surface area contributed by atoms with E-state index in [0.29, 0.717) is 13.0 Å². The topological polar surface area (TPSA) is 3.24 Å². The molecule has 5 heteroatoms. The summed E-state index contributed by atoms with van der Waals surface area (Å²) in [6.07, 6.45) is -3.72. The fraction of sp³-hybridized carbons (Fsp3) is 0.333. The highest BCUT2D eigenvalue weighted by atomic mass is 79.9. The number of alkyl halides is 3. The summed E-state index contributed by atoms with van der Waals surface area (Å²) in [6.45, 7) is 3.77. The van der Waals surface area contributed by atoms with Crippen LogP contribution < -0.4 is 0 Å². The third-order valence-corrected chi connectivity index (χ3v) is 3.38. The number of rotatable bonds is 1. The molecule has 0 radical (unpaired) electrons. The van der Waals surface area contributed by atoms with Crippen molar-refractivity contribution in [2.45, 2.75) is 19.1 Å². The predicted molar refractivity (Wildman–Crippen MR) is 63.5 cm³/mol. The van der Waals surface area contributed by atoms with Crippen LogP contribution in [0.5, 0.6) is 0 Å². The standard InChI is InChI=1S/C12H11BrF3N/c1-8(12(14,15)16)17-5-4-9-2-3-11(13)6-10(9)7-17/h2-3,6H,1,4-5,7H2. The minimum absolute atomic E-state index is 0.271. The highest BCUT2D eigenvalue weighted by Crippen LogP contribution is 2.31. The average molecular weight is 306 g/mol. The van der Waals surface area contributed by atoms with Gasteiger partial charge in [-0.05, 0) is 29.7 Å². The maximum atomic E-state index is 12.5. The average Bonchev–Trinajstić information content (AvgIpc) is 2.25. The van der Waals surface area contributed by atoms with Gasteiger partial charge in [0, 0.05) is 17.6 Å². The molecule has 1 aromatic rings. The van der Waals surface area contributed by atoms with Crippen molar-refractivity contribution >= 4 is 15.9 Å². The van der Waals surface area contributed by atoms with Crippen molar-refractivity contribution < 1.29 is 13.2 Å². The Bertz CT molecular complexity index is 454. The van der Waals surface area contributed by atoms with Crippen LogP contribution in [-0.4, -0.2) is 17.6 Å². The molecule has 17 heavy (non-hydrogen) atoms. The number of hydrogen-bond acceptors (Lipinski definition) is 1. The normalized spacial score (nSPS) is 15.6. The molecule has 0 atom stereocenters. The molecular formula is C12H11BrF3N. The van der Waals surface area contributed by atoms with E-state index < -0.39 is 11.9 Å². The number of benzene rings is 1. The molecule has 1 aliphatic rings. The maximum absolute atomic E-state index is 12.5. The van der Waals surface area contributed by atoms with E-state index in [1.807, 2.05) is 18.2 Å². The maximum Gasteiger partial charge on any atom is 0.430 e. The Morgan fingerprint density at radius 3 is 2.65 bits per heavy atom. The summed E-state index contributed by atoms with van der Waals surface area (Å²) in [7, 11) is 0. The van der Waals surface area contributed by atoms with Crippen molar-refractivity contribution in [3.05, 3.63) is 46.1 Å². The summed E-state index contributed by atoms with van der Waals surface area (Å²) < 4.78 is 38.5. The van der Waals surface area contributed by atoms with Crippen molar-refractivity contribution in [2.75, 3.05) is 6.54 Å². The molecule has 0 aromatic heterocycles. The highest BCUT2D eigenvalue weighted by Gasteiger charge is 2.36. The summed E-state index contributed by atoms with van der Waals surface area (Å²) in [4.78, 5) is 1.29. The minimum Gasteiger partial charge on any atom is -0.363 e. The van der Waals surface area contributed by atoms with E-state index in [1.165, 1.54) is 4.90 Å². The third kappa shape index (κ3) is 2.65. The Morgan fingerprint density at radius 1 is 1.29 bits per heavy atom. The number of allylic oxidation sites excluding steroid dienone is 1. The lowest BCUT2D eigenvalue weighted by Gasteiger charge is -2.32. The third-order valence-electron chi connectivity index (χ3n) is 2.89. The number of nitrogens with zero attached hydrogens (tertiary/aromatic N) is 1. The largest absolute Gasteiger partial charge is 0.430 e. The van der Waals surface area contributed by atoms with Crippen molar-refractivity contribution in [3.8, 4) is 0 Å². The summed E-state index contributed by atoms with van der Waals surface area (Å²) in [5.41, 5.74) is 1.28. The second kappa shape index (κ2) is 4.37. The first-order valence-corrected chi connectivity index (χ1v) is 5.95. The molecule has 1 nitrogen and oxygen atoms in total. The fourth-order valence-corrected chi connectivity index (χ4v) is 2.34. The summed E-state index contributed by atoms with van der Waals surface area (Å²) in [6, 6.07) is 5.73. The fourth-order valence-electron chi connectivity index (χ4n) is 1.94. The smallest absolute Gasteiger partial charge is 0.363 e. The lowest BCUT2D eigenvalue weighted by atomic mass is 9.99. The Labute approximate surface area is 106 Å². The molecule has 0 fully saturated rings. The zero-order valence-corrected chi connectivity index (χ0v) is 10.6. The Balaban J connectivity index is 2.21. The molecule has 1 heterocycles. The van der Waals surface area contributed by atoms with E-state index in [2.05, 4.69) is 22.5 Å². The van der Waals surface area contributed by atoms with Gasteiger partial charge in [0.25, 0.3) is 0 Å². The van der Waals surface area contributed by atoms with Crippen LogP contribution in [0.3, 0.4) is 0 Å². The van der Waals surface area contributed by atoms with Gasteiger partial charge in [-0.1, -0.05) is 28.6 Å². The quantitative estimate of drug-likeness (QED) is 0.761. The molecule has 0 amide bonds. The SMILES string of the molecule is C=C(N1CCc2ccc(Br)cc2C1)C(F)(F)F. The monoisotopic (exact) mass is 305 g/mol. The van der Waals surface area contributed by atoms with Crippen LogP contribution in [0.1, 0.15) is 11.1 Å². The molecule has 0 saturated heterocycles. The van der Waals surface area contributed by atoms with Crippen molar-refractivity contribution in [1.82, 2.24) is 4.90 Å². The van der Waals surface area contributed by atoms with E-state index in [1.54, 1.807) is 0 Å². The van der Waals surface area contributed by atoms with Gasteiger partial charge in [0.05, 0.1) is 0 Å². The van der Waals surface area contributed by atoms with Crippen LogP contribution in [-0.2, 0) is 13.0 Å². The van der Waals surface area contributed by atoms with Crippen LogP contribution in [0, 0.1) is 0 Å². The molecule has 0 aliphatic carbocycles. The van der Waals surface area contributed by atoms with E-state index >= 15 is 0 Å². The molecular weight excluding hydrogens is 295 g/mol. The lowest BCUT2D eigenvalue weighted by molar-refractivity contribution is -0.112. The zero-order chi connectivity index (χ0) is 12.6. The van der Waals surface area contributed by atoms with Crippen LogP contribution in [0.15, 0.2) is 34.9 Å². The van der Waals surface area contributed by atoms with Gasteiger partial charge in [-0.15, -0.1) is 0 Å². The first-order chi connectivity index (χ1) is 7.88. The molecule has 0 spiro atoms. The zero-order valence-electron chi connectivity index (χ0n) is 9.02. The van der Waals surface area contributed by atoms with Gasteiger partial charge < -0.3 is 4.90 Å². The first-order valence-electron chi connectivity index (χ1n) is 5.16. The van der Waals surface area contributed by atoms with Gasteiger partial charge in [-0.25, -0.2) is 0 Å². The van der Waals surface area contributed by atoms with Crippen LogP contribution >= 0.6 is 15.9 Å². The minimum atomic E-state index is -4.34. The summed E-state index contributed by atoms with van der Waals surface area (Å²) in [5, 5.41) is 0. The Kier molecular flexibility index (Phi) is 3.21. The number of halogens is 4. The molecule has 1 aromatic carbocycles. The Hall–Kier alpha value is -0.970. The van der Waals surface area contributed by atoms with Crippen LogP contribution in [0.25, 0.3) is 0 Å². The lowest BCUT2D eigenvalue weighted by Crippen LogP contribution is -2.35.